The molecular weight excluding hydrogens is 426 g/mol. The number of alkyl halides is 1. The molecule has 0 saturated heterocycles. The predicted molar refractivity (Wildman–Crippen MR) is 149 cm³/mol. The van der Waals surface area contributed by atoms with Crippen molar-refractivity contribution in [3.8, 4) is 0 Å². The van der Waals surface area contributed by atoms with Gasteiger partial charge in [0.1, 0.15) is 0 Å². The van der Waals surface area contributed by atoms with E-state index < -0.39 is 0 Å². The first-order chi connectivity index (χ1) is 16.1. The molecule has 0 aliphatic heterocycles. The molecule has 3 heteroatoms. The Morgan fingerprint density at radius 1 is 0.788 bits per heavy atom. The van der Waals surface area contributed by atoms with Crippen LogP contribution in [0.3, 0.4) is 0 Å². The fourth-order valence-corrected chi connectivity index (χ4v) is 5.11. The van der Waals surface area contributed by atoms with Crippen molar-refractivity contribution in [1.29, 1.82) is 0 Å². The fourth-order valence-electron chi connectivity index (χ4n) is 4.92. The van der Waals surface area contributed by atoms with E-state index in [9.17, 15) is 0 Å². The number of para-hydroxylation sites is 1. The molecule has 192 valence electrons. The number of benzene rings is 1. The summed E-state index contributed by atoms with van der Waals surface area (Å²) in [5.41, 5.74) is 4.31. The summed E-state index contributed by atoms with van der Waals surface area (Å²) in [6, 6.07) is 6.75. The van der Waals surface area contributed by atoms with Crippen molar-refractivity contribution >= 4 is 17.3 Å². The van der Waals surface area contributed by atoms with E-state index in [2.05, 4.69) is 50.8 Å². The second-order valence-corrected chi connectivity index (χ2v) is 10.2. The average Bonchev–Trinajstić information content (AvgIpc) is 2.80. The largest absolute Gasteiger partial charge is 0.377 e. The predicted octanol–water partition coefficient (Wildman–Crippen LogP) is 9.49. The van der Waals surface area contributed by atoms with Crippen LogP contribution in [0.4, 0.5) is 5.69 Å². The van der Waals surface area contributed by atoms with Gasteiger partial charge in [0.2, 0.25) is 0 Å². The van der Waals surface area contributed by atoms with Crippen molar-refractivity contribution in [3.63, 3.8) is 0 Å². The highest BCUT2D eigenvalue weighted by Crippen LogP contribution is 2.27. The first-order valence-corrected chi connectivity index (χ1v) is 14.7. The Morgan fingerprint density at radius 3 is 1.79 bits per heavy atom. The topological polar surface area (TPSA) is 12.5 Å². The van der Waals surface area contributed by atoms with Gasteiger partial charge in [0.05, 0.1) is 6.10 Å². The monoisotopic (exact) mass is 479 g/mol. The van der Waals surface area contributed by atoms with E-state index in [0.29, 0.717) is 0 Å². The zero-order valence-corrected chi connectivity index (χ0v) is 23.2. The number of nitrogens with zero attached hydrogens (tertiary/aromatic N) is 1. The van der Waals surface area contributed by atoms with Gasteiger partial charge in [-0.1, -0.05) is 102 Å². The van der Waals surface area contributed by atoms with Crippen molar-refractivity contribution in [2.24, 2.45) is 0 Å². The Labute approximate surface area is 211 Å². The van der Waals surface area contributed by atoms with E-state index in [-0.39, 0.29) is 6.10 Å². The van der Waals surface area contributed by atoms with Crippen LogP contribution in [-0.4, -0.2) is 31.7 Å². The number of aryl methyl sites for hydroxylation is 2. The molecule has 0 spiro atoms. The van der Waals surface area contributed by atoms with Crippen LogP contribution in [0.15, 0.2) is 18.2 Å². The minimum absolute atomic E-state index is 0.268. The molecule has 0 heterocycles. The van der Waals surface area contributed by atoms with Crippen molar-refractivity contribution in [2.45, 2.75) is 130 Å². The number of ether oxygens (including phenoxy) is 1. The Kier molecular flexibility index (Phi) is 18.9. The summed E-state index contributed by atoms with van der Waals surface area (Å²) in [6.07, 6.45) is 20.6. The van der Waals surface area contributed by atoms with Crippen molar-refractivity contribution in [1.82, 2.24) is 0 Å². The van der Waals surface area contributed by atoms with Gasteiger partial charge in [0.25, 0.3) is 0 Å². The van der Waals surface area contributed by atoms with Crippen LogP contribution in [0.25, 0.3) is 0 Å². The third-order valence-electron chi connectivity index (χ3n) is 6.76. The maximum atomic E-state index is 5.89. The van der Waals surface area contributed by atoms with Crippen LogP contribution in [-0.2, 0) is 11.2 Å². The van der Waals surface area contributed by atoms with Crippen molar-refractivity contribution < 1.29 is 4.74 Å². The van der Waals surface area contributed by atoms with Gasteiger partial charge in [-0.15, -0.1) is 11.6 Å². The lowest BCUT2D eigenvalue weighted by atomic mass is 10.0. The summed E-state index contributed by atoms with van der Waals surface area (Å²) in [6.45, 7) is 11.7. The molecule has 1 rings (SSSR count). The lowest BCUT2D eigenvalue weighted by Crippen LogP contribution is -2.34. The third-order valence-corrected chi connectivity index (χ3v) is 7.03. The molecule has 0 aliphatic rings. The zero-order chi connectivity index (χ0) is 24.2. The second kappa shape index (κ2) is 20.6. The molecule has 0 amide bonds. The minimum Gasteiger partial charge on any atom is -0.377 e. The Hall–Kier alpha value is -0.730. The number of unbranched alkanes of at least 4 members (excludes halogenated alkanes) is 13. The van der Waals surface area contributed by atoms with Gasteiger partial charge < -0.3 is 9.64 Å². The molecule has 0 N–H and O–H groups in total. The molecule has 2 nitrogen and oxygen atoms in total. The van der Waals surface area contributed by atoms with E-state index in [0.717, 1.165) is 32.0 Å². The van der Waals surface area contributed by atoms with Crippen LogP contribution in [0.1, 0.15) is 122 Å². The summed E-state index contributed by atoms with van der Waals surface area (Å²) < 4.78 is 5.89. The molecule has 1 atom stereocenters. The van der Waals surface area contributed by atoms with Gasteiger partial charge in [0, 0.05) is 31.3 Å². The standard InChI is InChI=1S/C30H54ClNO/c1-5-29-23-21-22-27(3)30(29)32(26-28(4)33-6-2)25-20-18-16-14-12-10-8-7-9-11-13-15-17-19-24-31/h21-23,28H,5-20,24-26H2,1-4H3. The number of hydrogen-bond acceptors (Lipinski definition) is 2. The van der Waals surface area contributed by atoms with Gasteiger partial charge in [-0.2, -0.15) is 0 Å². The van der Waals surface area contributed by atoms with Crippen LogP contribution >= 0.6 is 11.6 Å². The Bertz CT molecular complexity index is 576. The molecule has 33 heavy (non-hydrogen) atoms. The first kappa shape index (κ1) is 30.3. The molecule has 0 saturated carbocycles. The van der Waals surface area contributed by atoms with Crippen molar-refractivity contribution in [3.05, 3.63) is 29.3 Å². The van der Waals surface area contributed by atoms with E-state index in [4.69, 9.17) is 16.3 Å². The van der Waals surface area contributed by atoms with E-state index in [1.807, 2.05) is 0 Å². The average molecular weight is 480 g/mol. The fraction of sp³-hybridized carbons (Fsp3) is 0.800. The molecule has 1 unspecified atom stereocenters. The van der Waals surface area contributed by atoms with Gasteiger partial charge >= 0.3 is 0 Å². The number of hydrogen-bond donors (Lipinski definition) is 0. The molecule has 1 aromatic rings. The van der Waals surface area contributed by atoms with E-state index in [1.165, 1.54) is 107 Å². The number of halogens is 1. The summed E-state index contributed by atoms with van der Waals surface area (Å²) >= 11 is 5.73. The van der Waals surface area contributed by atoms with Gasteiger partial charge in [-0.3, -0.25) is 0 Å². The highest BCUT2D eigenvalue weighted by molar-refractivity contribution is 6.17. The summed E-state index contributed by atoms with van der Waals surface area (Å²) in [5.74, 6) is 0.831. The van der Waals surface area contributed by atoms with Crippen LogP contribution in [0, 0.1) is 6.92 Å². The lowest BCUT2D eigenvalue weighted by molar-refractivity contribution is 0.0809. The second-order valence-electron chi connectivity index (χ2n) is 9.79. The SMILES string of the molecule is CCOC(C)CN(CCCCCCCCCCCCCCCCCl)c1c(C)cccc1CC. The first-order valence-electron chi connectivity index (χ1n) is 14.1. The smallest absolute Gasteiger partial charge is 0.0721 e. The van der Waals surface area contributed by atoms with Gasteiger partial charge in [-0.25, -0.2) is 0 Å². The van der Waals surface area contributed by atoms with Gasteiger partial charge in [0.15, 0.2) is 0 Å². The molecule has 0 fully saturated rings. The molecule has 0 aromatic heterocycles. The normalized spacial score (nSPS) is 12.3. The Morgan fingerprint density at radius 2 is 1.30 bits per heavy atom. The van der Waals surface area contributed by atoms with E-state index >= 15 is 0 Å². The van der Waals surface area contributed by atoms with Crippen LogP contribution in [0.2, 0.25) is 0 Å². The van der Waals surface area contributed by atoms with E-state index in [1.54, 1.807) is 0 Å². The maximum Gasteiger partial charge on any atom is 0.0721 e. The van der Waals surface area contributed by atoms with Crippen molar-refractivity contribution in [2.75, 3.05) is 30.5 Å². The number of anilines is 1. The highest BCUT2D eigenvalue weighted by atomic mass is 35.5. The molecule has 0 bridgehead atoms. The number of rotatable bonds is 22. The summed E-state index contributed by atoms with van der Waals surface area (Å²) in [5, 5.41) is 0. The summed E-state index contributed by atoms with van der Waals surface area (Å²) in [4.78, 5) is 2.60. The van der Waals surface area contributed by atoms with Crippen LogP contribution < -0.4 is 4.90 Å². The van der Waals surface area contributed by atoms with Crippen LogP contribution in [0.5, 0.6) is 0 Å². The molecule has 0 radical (unpaired) electrons. The third kappa shape index (κ3) is 14.3. The Balaban J connectivity index is 2.22. The molecule has 1 aromatic carbocycles. The zero-order valence-electron chi connectivity index (χ0n) is 22.5. The lowest BCUT2D eigenvalue weighted by Gasteiger charge is -2.31. The van der Waals surface area contributed by atoms with Gasteiger partial charge in [-0.05, 0) is 51.2 Å². The quantitative estimate of drug-likeness (QED) is 0.121. The minimum atomic E-state index is 0.268. The summed E-state index contributed by atoms with van der Waals surface area (Å²) in [7, 11) is 0. The highest BCUT2D eigenvalue weighted by Gasteiger charge is 2.16. The maximum absolute atomic E-state index is 5.89. The molecular formula is C30H54ClNO. The molecule has 0 aliphatic carbocycles.